The summed E-state index contributed by atoms with van der Waals surface area (Å²) < 4.78 is 11.7. The second-order valence-electron chi connectivity index (χ2n) is 18.4. The SMILES string of the molecule is CCCCCCCCCC(=O)OCC(C)(C)CCCCCN(CCO)CCCC(C)(C)CCCC(=O)OC(CCCCCCCC)CCCCCCCC. The van der Waals surface area contributed by atoms with Crippen molar-refractivity contribution in [3.63, 3.8) is 0 Å². The van der Waals surface area contributed by atoms with E-state index in [1.165, 1.54) is 109 Å². The summed E-state index contributed by atoms with van der Waals surface area (Å²) in [6.07, 6.45) is 35.7. The highest BCUT2D eigenvalue weighted by molar-refractivity contribution is 5.69. The summed E-state index contributed by atoms with van der Waals surface area (Å²) in [6, 6.07) is 0. The van der Waals surface area contributed by atoms with E-state index in [0.717, 1.165) is 96.7 Å². The van der Waals surface area contributed by atoms with Crippen LogP contribution in [0.5, 0.6) is 0 Å². The maximum absolute atomic E-state index is 12.9. The van der Waals surface area contributed by atoms with Crippen LogP contribution in [0.15, 0.2) is 0 Å². The van der Waals surface area contributed by atoms with Gasteiger partial charge in [-0.15, -0.1) is 0 Å². The number of carbonyl (C=O) groups is 2. The first-order valence-corrected chi connectivity index (χ1v) is 23.7. The van der Waals surface area contributed by atoms with Crippen LogP contribution >= 0.6 is 0 Å². The summed E-state index contributed by atoms with van der Waals surface area (Å²) in [5.74, 6) is -0.0339. The van der Waals surface area contributed by atoms with Gasteiger partial charge in [0.15, 0.2) is 0 Å². The fourth-order valence-electron chi connectivity index (χ4n) is 7.67. The summed E-state index contributed by atoms with van der Waals surface area (Å²) in [5.41, 5.74) is 0.191. The van der Waals surface area contributed by atoms with Gasteiger partial charge < -0.3 is 19.5 Å². The molecule has 0 amide bonds. The monoisotopic (exact) mass is 766 g/mol. The number of aliphatic hydroxyl groups is 1. The first kappa shape index (κ1) is 52.9. The van der Waals surface area contributed by atoms with Crippen LogP contribution in [0.1, 0.15) is 248 Å². The predicted molar refractivity (Wildman–Crippen MR) is 232 cm³/mol. The van der Waals surface area contributed by atoms with Gasteiger partial charge in [0, 0.05) is 19.4 Å². The zero-order valence-corrected chi connectivity index (χ0v) is 37.6. The van der Waals surface area contributed by atoms with Crippen molar-refractivity contribution in [1.29, 1.82) is 0 Å². The van der Waals surface area contributed by atoms with Crippen LogP contribution in [-0.2, 0) is 19.1 Å². The second-order valence-corrected chi connectivity index (χ2v) is 18.4. The van der Waals surface area contributed by atoms with Gasteiger partial charge in [-0.3, -0.25) is 9.59 Å². The minimum atomic E-state index is -0.0386. The van der Waals surface area contributed by atoms with E-state index >= 15 is 0 Å². The van der Waals surface area contributed by atoms with Crippen LogP contribution in [0, 0.1) is 10.8 Å². The lowest BCUT2D eigenvalue weighted by Gasteiger charge is -2.27. The van der Waals surface area contributed by atoms with E-state index in [-0.39, 0.29) is 35.5 Å². The maximum atomic E-state index is 12.9. The van der Waals surface area contributed by atoms with Crippen molar-refractivity contribution >= 4 is 11.9 Å². The van der Waals surface area contributed by atoms with E-state index in [4.69, 9.17) is 9.47 Å². The van der Waals surface area contributed by atoms with E-state index < -0.39 is 0 Å². The van der Waals surface area contributed by atoms with Gasteiger partial charge in [-0.1, -0.05) is 164 Å². The van der Waals surface area contributed by atoms with Gasteiger partial charge in [0.25, 0.3) is 0 Å². The molecule has 0 aliphatic heterocycles. The quantitative estimate of drug-likeness (QED) is 0.0493. The number of ether oxygens (including phenoxy) is 2. The third kappa shape index (κ3) is 35.3. The molecule has 0 aromatic rings. The van der Waals surface area contributed by atoms with Crippen molar-refractivity contribution in [2.45, 2.75) is 254 Å². The standard InChI is InChI=1S/C48H95NO5/c1-8-11-14-17-20-23-27-34-45(51)53-43-48(6,7)36-28-24-29-39-49(41-42-50)40-31-38-47(4,5)37-30-35-46(52)54-44(32-25-21-18-15-12-9-2)33-26-22-19-16-13-10-3/h44,50H,8-43H2,1-7H3. The smallest absolute Gasteiger partial charge is 0.306 e. The number of carbonyl (C=O) groups excluding carboxylic acids is 2. The largest absolute Gasteiger partial charge is 0.465 e. The molecule has 0 fully saturated rings. The van der Waals surface area contributed by atoms with Crippen molar-refractivity contribution in [3.8, 4) is 0 Å². The Labute approximate surface area is 337 Å². The Balaban J connectivity index is 4.35. The Morgan fingerprint density at radius 3 is 1.50 bits per heavy atom. The molecule has 0 saturated heterocycles. The third-order valence-corrected chi connectivity index (χ3v) is 11.5. The average molecular weight is 766 g/mol. The molecule has 6 heteroatoms. The van der Waals surface area contributed by atoms with Crippen LogP contribution < -0.4 is 0 Å². The molecule has 0 aromatic carbocycles. The molecule has 0 spiro atoms. The normalized spacial score (nSPS) is 12.3. The van der Waals surface area contributed by atoms with Gasteiger partial charge in [0.2, 0.25) is 0 Å². The summed E-state index contributed by atoms with van der Waals surface area (Å²) in [6.45, 7) is 19.3. The molecular weight excluding hydrogens is 671 g/mol. The van der Waals surface area contributed by atoms with E-state index in [9.17, 15) is 14.7 Å². The molecule has 0 bridgehead atoms. The zero-order valence-electron chi connectivity index (χ0n) is 37.6. The molecule has 0 unspecified atom stereocenters. The van der Waals surface area contributed by atoms with Gasteiger partial charge in [0.05, 0.1) is 13.2 Å². The summed E-state index contributed by atoms with van der Waals surface area (Å²) in [7, 11) is 0. The highest BCUT2D eigenvalue weighted by atomic mass is 16.5. The highest BCUT2D eigenvalue weighted by Crippen LogP contribution is 2.30. The minimum Gasteiger partial charge on any atom is -0.465 e. The molecule has 0 atom stereocenters. The van der Waals surface area contributed by atoms with Crippen LogP contribution in [0.4, 0.5) is 0 Å². The van der Waals surface area contributed by atoms with Crippen LogP contribution in [0.3, 0.4) is 0 Å². The number of aliphatic hydroxyl groups excluding tert-OH is 1. The third-order valence-electron chi connectivity index (χ3n) is 11.5. The maximum Gasteiger partial charge on any atom is 0.306 e. The van der Waals surface area contributed by atoms with Crippen molar-refractivity contribution in [2.24, 2.45) is 10.8 Å². The van der Waals surface area contributed by atoms with Crippen LogP contribution in [-0.4, -0.2) is 60.9 Å². The molecule has 0 radical (unpaired) electrons. The van der Waals surface area contributed by atoms with Crippen LogP contribution in [0.2, 0.25) is 0 Å². The molecule has 0 aromatic heterocycles. The van der Waals surface area contributed by atoms with Gasteiger partial charge in [-0.25, -0.2) is 0 Å². The molecule has 0 aliphatic carbocycles. The van der Waals surface area contributed by atoms with Gasteiger partial charge >= 0.3 is 11.9 Å². The average Bonchev–Trinajstić information content (AvgIpc) is 3.12. The van der Waals surface area contributed by atoms with Crippen molar-refractivity contribution in [2.75, 3.05) is 32.8 Å². The Kier molecular flexibility index (Phi) is 35.5. The van der Waals surface area contributed by atoms with E-state index in [1.54, 1.807) is 0 Å². The lowest BCUT2D eigenvalue weighted by molar-refractivity contribution is -0.150. The first-order valence-electron chi connectivity index (χ1n) is 23.7. The van der Waals surface area contributed by atoms with Crippen molar-refractivity contribution in [1.82, 2.24) is 4.90 Å². The molecule has 0 saturated carbocycles. The Morgan fingerprint density at radius 2 is 0.944 bits per heavy atom. The van der Waals surface area contributed by atoms with Crippen molar-refractivity contribution < 1.29 is 24.2 Å². The molecule has 0 aliphatic rings. The summed E-state index contributed by atoms with van der Waals surface area (Å²) >= 11 is 0. The number of unbranched alkanes of at least 4 members (excludes halogenated alkanes) is 18. The molecule has 1 N–H and O–H groups in total. The molecular formula is C48H95NO5. The molecule has 0 heterocycles. The number of hydrogen-bond donors (Lipinski definition) is 1. The number of rotatable bonds is 41. The number of hydrogen-bond acceptors (Lipinski definition) is 6. The fourth-order valence-corrected chi connectivity index (χ4v) is 7.67. The fraction of sp³-hybridized carbons (Fsp3) is 0.958. The molecule has 0 rings (SSSR count). The second kappa shape index (κ2) is 36.2. The number of nitrogens with zero attached hydrogens (tertiary/aromatic N) is 1. The van der Waals surface area contributed by atoms with E-state index in [2.05, 4.69) is 53.4 Å². The van der Waals surface area contributed by atoms with E-state index in [0.29, 0.717) is 19.4 Å². The lowest BCUT2D eigenvalue weighted by atomic mass is 9.82. The van der Waals surface area contributed by atoms with Crippen LogP contribution in [0.25, 0.3) is 0 Å². The Bertz CT molecular complexity index is 827. The minimum absolute atomic E-state index is 0.00471. The first-order chi connectivity index (χ1) is 26.0. The summed E-state index contributed by atoms with van der Waals surface area (Å²) in [5, 5.41) is 9.71. The van der Waals surface area contributed by atoms with Gasteiger partial charge in [0.1, 0.15) is 6.10 Å². The predicted octanol–water partition coefficient (Wildman–Crippen LogP) is 13.9. The topological polar surface area (TPSA) is 76.1 Å². The Morgan fingerprint density at radius 1 is 0.500 bits per heavy atom. The van der Waals surface area contributed by atoms with Gasteiger partial charge in [-0.05, 0) is 94.5 Å². The molecule has 6 nitrogen and oxygen atoms in total. The van der Waals surface area contributed by atoms with Gasteiger partial charge in [-0.2, -0.15) is 0 Å². The van der Waals surface area contributed by atoms with Crippen molar-refractivity contribution in [3.05, 3.63) is 0 Å². The summed E-state index contributed by atoms with van der Waals surface area (Å²) in [4.78, 5) is 27.6. The lowest BCUT2D eigenvalue weighted by Crippen LogP contribution is -2.30. The Hall–Kier alpha value is -1.14. The highest BCUT2D eigenvalue weighted by Gasteiger charge is 2.22. The molecule has 322 valence electrons. The molecule has 54 heavy (non-hydrogen) atoms. The number of esters is 2. The van der Waals surface area contributed by atoms with E-state index in [1.807, 2.05) is 0 Å². The zero-order chi connectivity index (χ0) is 40.2.